The Bertz CT molecular complexity index is 362. The van der Waals surface area contributed by atoms with Gasteiger partial charge in [0.2, 0.25) is 0 Å². The van der Waals surface area contributed by atoms with Gasteiger partial charge in [-0.25, -0.2) is 0 Å². The van der Waals surface area contributed by atoms with Crippen molar-refractivity contribution in [3.63, 3.8) is 0 Å². The fourth-order valence-corrected chi connectivity index (χ4v) is 2.06. The average Bonchev–Trinajstić information content (AvgIpc) is 2.63. The van der Waals surface area contributed by atoms with Crippen molar-refractivity contribution in [3.8, 4) is 0 Å². The Hall–Kier alpha value is -0.140. The summed E-state index contributed by atoms with van der Waals surface area (Å²) in [6.07, 6.45) is 1.98. The summed E-state index contributed by atoms with van der Waals surface area (Å²) in [5.41, 5.74) is 1.18. The lowest BCUT2D eigenvalue weighted by atomic mass is 10.3. The van der Waals surface area contributed by atoms with E-state index in [4.69, 9.17) is 9.47 Å². The van der Waals surface area contributed by atoms with Crippen molar-refractivity contribution >= 4 is 22.6 Å². The zero-order valence-electron chi connectivity index (χ0n) is 9.16. The van der Waals surface area contributed by atoms with Gasteiger partial charge in [0.05, 0.1) is 22.9 Å². The molecule has 2 rings (SSSR count). The van der Waals surface area contributed by atoms with E-state index >= 15 is 0 Å². The number of hydrogen-bond acceptors (Lipinski definition) is 3. The number of nitrogens with zero attached hydrogens (tertiary/aromatic N) is 2. The minimum Gasteiger partial charge on any atom is -0.348 e. The topological polar surface area (TPSA) is 36.3 Å². The van der Waals surface area contributed by atoms with Gasteiger partial charge in [0, 0.05) is 5.69 Å². The van der Waals surface area contributed by atoms with Gasteiger partial charge in [-0.05, 0) is 43.4 Å². The molecule has 5 heteroatoms. The minimum atomic E-state index is -0.446. The number of aromatic nitrogens is 2. The van der Waals surface area contributed by atoms with Crippen LogP contribution in [0.1, 0.15) is 19.5 Å². The van der Waals surface area contributed by atoms with Crippen LogP contribution in [-0.2, 0) is 16.0 Å². The molecule has 0 radical (unpaired) electrons. The molecule has 15 heavy (non-hydrogen) atoms. The van der Waals surface area contributed by atoms with Crippen molar-refractivity contribution in [3.05, 3.63) is 15.5 Å². The molecule has 84 valence electrons. The summed E-state index contributed by atoms with van der Waals surface area (Å²) in [6, 6.07) is 0. The van der Waals surface area contributed by atoms with Gasteiger partial charge in [-0.2, -0.15) is 5.10 Å². The Morgan fingerprint density at radius 1 is 1.67 bits per heavy atom. The molecule has 0 aromatic carbocycles. The summed E-state index contributed by atoms with van der Waals surface area (Å²) in [5.74, 6) is -0.446. The predicted octanol–water partition coefficient (Wildman–Crippen LogP) is 1.95. The fraction of sp³-hybridized carbons (Fsp3) is 0.700. The van der Waals surface area contributed by atoms with E-state index in [1.165, 1.54) is 9.26 Å². The lowest BCUT2D eigenvalue weighted by Gasteiger charge is -2.17. The number of ether oxygens (including phenoxy) is 2. The van der Waals surface area contributed by atoms with E-state index in [2.05, 4.69) is 34.6 Å². The Labute approximate surface area is 103 Å². The maximum Gasteiger partial charge on any atom is 0.163 e. The fourth-order valence-electron chi connectivity index (χ4n) is 1.65. The Kier molecular flexibility index (Phi) is 3.05. The molecule has 1 fully saturated rings. The highest BCUT2D eigenvalue weighted by atomic mass is 127. The average molecular weight is 322 g/mol. The highest BCUT2D eigenvalue weighted by Crippen LogP contribution is 2.23. The lowest BCUT2D eigenvalue weighted by molar-refractivity contribution is -0.139. The highest BCUT2D eigenvalue weighted by molar-refractivity contribution is 14.1. The summed E-state index contributed by atoms with van der Waals surface area (Å²) >= 11 is 2.28. The summed E-state index contributed by atoms with van der Waals surface area (Å²) in [5, 5.41) is 4.30. The second kappa shape index (κ2) is 4.03. The van der Waals surface area contributed by atoms with Gasteiger partial charge < -0.3 is 9.47 Å². The monoisotopic (exact) mass is 322 g/mol. The van der Waals surface area contributed by atoms with Crippen LogP contribution >= 0.6 is 22.6 Å². The molecule has 0 unspecified atom stereocenters. The van der Waals surface area contributed by atoms with E-state index < -0.39 is 5.79 Å². The smallest absolute Gasteiger partial charge is 0.163 e. The molecule has 0 saturated carbocycles. The first-order chi connectivity index (χ1) is 6.98. The van der Waals surface area contributed by atoms with Crippen LogP contribution in [0.5, 0.6) is 0 Å². The first-order valence-electron chi connectivity index (χ1n) is 4.97. The molecular formula is C10H15IN2O2. The van der Waals surface area contributed by atoms with Gasteiger partial charge in [0.25, 0.3) is 0 Å². The van der Waals surface area contributed by atoms with Crippen LogP contribution in [0.25, 0.3) is 0 Å². The van der Waals surface area contributed by atoms with Gasteiger partial charge in [0.1, 0.15) is 6.10 Å². The van der Waals surface area contributed by atoms with Crippen LogP contribution in [0.4, 0.5) is 0 Å². The molecule has 1 aliphatic heterocycles. The van der Waals surface area contributed by atoms with Crippen LogP contribution in [0.3, 0.4) is 0 Å². The maximum atomic E-state index is 5.73. The molecule has 0 N–H and O–H groups in total. The third kappa shape index (κ3) is 2.51. The summed E-state index contributed by atoms with van der Waals surface area (Å²) in [7, 11) is 0. The normalized spacial score (nSPS) is 24.7. The standard InChI is InChI=1S/C10H15IN2O2/c1-7-9(11)4-12-13(7)5-8-6-14-10(2,3)15-8/h4,8H,5-6H2,1-3H3/t8-/m0/s1. The number of rotatable bonds is 2. The van der Waals surface area contributed by atoms with E-state index in [0.717, 1.165) is 6.54 Å². The highest BCUT2D eigenvalue weighted by Gasteiger charge is 2.33. The van der Waals surface area contributed by atoms with E-state index in [1.54, 1.807) is 0 Å². The Balaban J connectivity index is 2.02. The van der Waals surface area contributed by atoms with E-state index in [-0.39, 0.29) is 6.10 Å². The summed E-state index contributed by atoms with van der Waals surface area (Å²) < 4.78 is 14.4. The van der Waals surface area contributed by atoms with Gasteiger partial charge >= 0.3 is 0 Å². The Morgan fingerprint density at radius 3 is 2.87 bits per heavy atom. The molecule has 4 nitrogen and oxygen atoms in total. The van der Waals surface area contributed by atoms with Gasteiger partial charge in [-0.15, -0.1) is 0 Å². The van der Waals surface area contributed by atoms with Crippen LogP contribution in [0.2, 0.25) is 0 Å². The molecule has 0 aliphatic carbocycles. The van der Waals surface area contributed by atoms with Crippen molar-refractivity contribution in [2.45, 2.75) is 39.2 Å². The number of hydrogen-bond donors (Lipinski definition) is 0. The molecule has 1 aliphatic rings. The van der Waals surface area contributed by atoms with E-state index in [0.29, 0.717) is 6.61 Å². The second-order valence-electron chi connectivity index (χ2n) is 4.21. The minimum absolute atomic E-state index is 0.106. The Morgan fingerprint density at radius 2 is 2.40 bits per heavy atom. The maximum absolute atomic E-state index is 5.73. The van der Waals surface area contributed by atoms with Crippen molar-refractivity contribution in [1.82, 2.24) is 9.78 Å². The molecule has 0 amide bonds. The third-order valence-electron chi connectivity index (χ3n) is 2.49. The summed E-state index contributed by atoms with van der Waals surface area (Å²) in [6.45, 7) is 7.34. The molecule has 1 saturated heterocycles. The van der Waals surface area contributed by atoms with Crippen LogP contribution in [-0.4, -0.2) is 28.3 Å². The van der Waals surface area contributed by atoms with Crippen LogP contribution in [0, 0.1) is 10.5 Å². The molecule has 0 spiro atoms. The SMILES string of the molecule is Cc1c(I)cnn1C[C@H]1COC(C)(C)O1. The van der Waals surface area contributed by atoms with Crippen molar-refractivity contribution in [2.75, 3.05) is 6.61 Å². The first kappa shape index (κ1) is 11.3. The molecule has 1 aromatic heterocycles. The zero-order chi connectivity index (χ0) is 11.1. The van der Waals surface area contributed by atoms with E-state index in [9.17, 15) is 0 Å². The van der Waals surface area contributed by atoms with Crippen molar-refractivity contribution < 1.29 is 9.47 Å². The molecular weight excluding hydrogens is 307 g/mol. The van der Waals surface area contributed by atoms with Crippen LogP contribution in [0.15, 0.2) is 6.20 Å². The van der Waals surface area contributed by atoms with Gasteiger partial charge in [-0.1, -0.05) is 0 Å². The van der Waals surface area contributed by atoms with Gasteiger partial charge in [-0.3, -0.25) is 4.68 Å². The second-order valence-corrected chi connectivity index (χ2v) is 5.37. The van der Waals surface area contributed by atoms with Gasteiger partial charge in [0.15, 0.2) is 5.79 Å². The summed E-state index contributed by atoms with van der Waals surface area (Å²) in [4.78, 5) is 0. The van der Waals surface area contributed by atoms with Crippen molar-refractivity contribution in [2.24, 2.45) is 0 Å². The van der Waals surface area contributed by atoms with E-state index in [1.807, 2.05) is 24.7 Å². The molecule has 1 atom stereocenters. The quantitative estimate of drug-likeness (QED) is 0.781. The van der Waals surface area contributed by atoms with Crippen molar-refractivity contribution in [1.29, 1.82) is 0 Å². The molecule has 0 bridgehead atoms. The molecule has 1 aromatic rings. The largest absolute Gasteiger partial charge is 0.348 e. The molecule has 2 heterocycles. The van der Waals surface area contributed by atoms with Crippen LogP contribution < -0.4 is 0 Å². The first-order valence-corrected chi connectivity index (χ1v) is 6.05. The third-order valence-corrected chi connectivity index (χ3v) is 3.55. The lowest BCUT2D eigenvalue weighted by Crippen LogP contribution is -2.24. The number of halogens is 1. The predicted molar refractivity (Wildman–Crippen MR) is 64.6 cm³/mol. The zero-order valence-corrected chi connectivity index (χ0v) is 11.3.